The van der Waals surface area contributed by atoms with Crippen LogP contribution in [-0.4, -0.2) is 13.1 Å². The zero-order valence-corrected chi connectivity index (χ0v) is 11.4. The fourth-order valence-electron chi connectivity index (χ4n) is 3.57. The molecule has 1 saturated carbocycles. The van der Waals surface area contributed by atoms with Crippen LogP contribution >= 0.6 is 0 Å². The molecule has 1 aromatic rings. The Labute approximate surface area is 110 Å². The zero-order chi connectivity index (χ0) is 12.6. The summed E-state index contributed by atoms with van der Waals surface area (Å²) >= 11 is 0. The van der Waals surface area contributed by atoms with E-state index in [1.54, 1.807) is 0 Å². The largest absolute Gasteiger partial charge is 0.370 e. The van der Waals surface area contributed by atoms with Gasteiger partial charge in [0.25, 0.3) is 0 Å². The topological polar surface area (TPSA) is 29.3 Å². The van der Waals surface area contributed by atoms with Crippen molar-refractivity contribution in [3.8, 4) is 0 Å². The van der Waals surface area contributed by atoms with Crippen molar-refractivity contribution in [3.63, 3.8) is 0 Å². The van der Waals surface area contributed by atoms with Gasteiger partial charge < -0.3 is 10.6 Å². The predicted molar refractivity (Wildman–Crippen MR) is 76.8 cm³/mol. The molecular weight excluding hydrogens is 220 g/mol. The van der Waals surface area contributed by atoms with Gasteiger partial charge in [-0.25, -0.2) is 0 Å². The molecule has 1 saturated heterocycles. The molecule has 1 spiro atoms. The van der Waals surface area contributed by atoms with E-state index in [-0.39, 0.29) is 6.04 Å². The van der Waals surface area contributed by atoms with Crippen molar-refractivity contribution in [3.05, 3.63) is 29.8 Å². The third-order valence-corrected chi connectivity index (χ3v) is 4.73. The summed E-state index contributed by atoms with van der Waals surface area (Å²) in [6.45, 7) is 4.57. The molecule has 0 radical (unpaired) electrons. The first-order chi connectivity index (χ1) is 8.69. The molecule has 0 amide bonds. The van der Waals surface area contributed by atoms with E-state index < -0.39 is 0 Å². The van der Waals surface area contributed by atoms with Gasteiger partial charge in [0.1, 0.15) is 0 Å². The summed E-state index contributed by atoms with van der Waals surface area (Å²) in [5, 5.41) is 0. The molecule has 1 aliphatic heterocycles. The number of rotatable bonds is 2. The molecule has 18 heavy (non-hydrogen) atoms. The van der Waals surface area contributed by atoms with Crippen molar-refractivity contribution in [2.24, 2.45) is 11.1 Å². The van der Waals surface area contributed by atoms with Gasteiger partial charge in [-0.1, -0.05) is 31.4 Å². The number of nitrogens with zero attached hydrogens (tertiary/aromatic N) is 1. The van der Waals surface area contributed by atoms with Crippen LogP contribution in [0.3, 0.4) is 0 Å². The van der Waals surface area contributed by atoms with Gasteiger partial charge in [0.2, 0.25) is 0 Å². The van der Waals surface area contributed by atoms with Crippen LogP contribution in [0.1, 0.15) is 50.6 Å². The lowest BCUT2D eigenvalue weighted by Gasteiger charge is -2.53. The molecule has 1 aromatic carbocycles. The second kappa shape index (κ2) is 4.58. The van der Waals surface area contributed by atoms with Gasteiger partial charge in [-0.3, -0.25) is 0 Å². The van der Waals surface area contributed by atoms with E-state index in [4.69, 9.17) is 5.73 Å². The lowest BCUT2D eigenvalue weighted by molar-refractivity contribution is 0.139. The zero-order valence-electron chi connectivity index (χ0n) is 11.4. The smallest absolute Gasteiger partial charge is 0.0369 e. The Hall–Kier alpha value is -1.02. The van der Waals surface area contributed by atoms with Gasteiger partial charge in [-0.2, -0.15) is 0 Å². The Balaban J connectivity index is 1.69. The Morgan fingerprint density at radius 1 is 1.17 bits per heavy atom. The molecule has 2 nitrogen and oxygen atoms in total. The van der Waals surface area contributed by atoms with Crippen LogP contribution in [-0.2, 0) is 0 Å². The van der Waals surface area contributed by atoms with Crippen LogP contribution in [0.5, 0.6) is 0 Å². The Bertz CT molecular complexity index is 411. The Kier molecular flexibility index (Phi) is 3.06. The van der Waals surface area contributed by atoms with Crippen LogP contribution in [0.2, 0.25) is 0 Å². The minimum Gasteiger partial charge on any atom is -0.370 e. The molecule has 2 aliphatic rings. The third-order valence-electron chi connectivity index (χ3n) is 4.73. The van der Waals surface area contributed by atoms with E-state index in [1.807, 2.05) is 0 Å². The van der Waals surface area contributed by atoms with E-state index >= 15 is 0 Å². The highest BCUT2D eigenvalue weighted by Gasteiger charge is 2.43. The summed E-state index contributed by atoms with van der Waals surface area (Å²) in [6, 6.07) is 8.89. The first kappa shape index (κ1) is 12.0. The lowest BCUT2D eigenvalue weighted by Crippen LogP contribution is -2.57. The number of hydrogen-bond acceptors (Lipinski definition) is 2. The molecular formula is C16H24N2. The third kappa shape index (κ3) is 2.14. The van der Waals surface area contributed by atoms with E-state index in [9.17, 15) is 0 Å². The van der Waals surface area contributed by atoms with E-state index in [0.29, 0.717) is 5.41 Å². The normalized spacial score (nSPS) is 23.8. The van der Waals surface area contributed by atoms with Gasteiger partial charge >= 0.3 is 0 Å². The highest BCUT2D eigenvalue weighted by Crippen LogP contribution is 2.45. The number of anilines is 1. The molecule has 98 valence electrons. The van der Waals surface area contributed by atoms with Crippen LogP contribution in [0.25, 0.3) is 0 Å². The van der Waals surface area contributed by atoms with Gasteiger partial charge in [-0.15, -0.1) is 0 Å². The second-order valence-electron chi connectivity index (χ2n) is 6.30. The quantitative estimate of drug-likeness (QED) is 0.863. The van der Waals surface area contributed by atoms with Crippen molar-refractivity contribution in [2.45, 2.75) is 45.1 Å². The van der Waals surface area contributed by atoms with Crippen LogP contribution < -0.4 is 10.6 Å². The summed E-state index contributed by atoms with van der Waals surface area (Å²) in [4.78, 5) is 2.52. The van der Waals surface area contributed by atoms with Crippen molar-refractivity contribution < 1.29 is 0 Å². The van der Waals surface area contributed by atoms with E-state index in [2.05, 4.69) is 36.1 Å². The molecule has 2 N–H and O–H groups in total. The van der Waals surface area contributed by atoms with Gasteiger partial charge in [0.05, 0.1) is 0 Å². The van der Waals surface area contributed by atoms with Gasteiger partial charge in [0.15, 0.2) is 0 Å². The summed E-state index contributed by atoms with van der Waals surface area (Å²) in [5.74, 6) is 0. The van der Waals surface area contributed by atoms with Crippen molar-refractivity contribution in [2.75, 3.05) is 18.0 Å². The fourth-order valence-corrected chi connectivity index (χ4v) is 3.57. The number of benzene rings is 1. The molecule has 0 aromatic heterocycles. The first-order valence-electron chi connectivity index (χ1n) is 7.29. The summed E-state index contributed by atoms with van der Waals surface area (Å²) in [6.07, 6.45) is 7.20. The van der Waals surface area contributed by atoms with Crippen molar-refractivity contribution in [1.29, 1.82) is 0 Å². The van der Waals surface area contributed by atoms with Crippen LogP contribution in [0.4, 0.5) is 5.69 Å². The van der Waals surface area contributed by atoms with Crippen LogP contribution in [0, 0.1) is 5.41 Å². The second-order valence-corrected chi connectivity index (χ2v) is 6.30. The maximum absolute atomic E-state index is 5.96. The molecule has 0 bridgehead atoms. The molecule has 1 unspecified atom stereocenters. The minimum absolute atomic E-state index is 0.134. The van der Waals surface area contributed by atoms with Crippen molar-refractivity contribution >= 4 is 5.69 Å². The summed E-state index contributed by atoms with van der Waals surface area (Å²) in [5.41, 5.74) is 9.22. The molecule has 1 aliphatic carbocycles. The maximum atomic E-state index is 5.96. The molecule has 2 heteroatoms. The Morgan fingerprint density at radius 2 is 1.89 bits per heavy atom. The molecule has 1 atom stereocenters. The molecule has 3 rings (SSSR count). The van der Waals surface area contributed by atoms with Gasteiger partial charge in [-0.05, 0) is 37.5 Å². The summed E-state index contributed by atoms with van der Waals surface area (Å²) in [7, 11) is 0. The van der Waals surface area contributed by atoms with E-state index in [1.165, 1.54) is 56.4 Å². The molecule has 1 heterocycles. The number of hydrogen-bond donors (Lipinski definition) is 1. The maximum Gasteiger partial charge on any atom is 0.0369 e. The monoisotopic (exact) mass is 244 g/mol. The average Bonchev–Trinajstić information content (AvgIpc) is 2.37. The van der Waals surface area contributed by atoms with Crippen LogP contribution in [0.15, 0.2) is 24.3 Å². The lowest BCUT2D eigenvalue weighted by atomic mass is 9.68. The Morgan fingerprint density at radius 3 is 2.56 bits per heavy atom. The van der Waals surface area contributed by atoms with E-state index in [0.717, 1.165) is 0 Å². The van der Waals surface area contributed by atoms with Gasteiger partial charge in [0, 0.05) is 30.2 Å². The minimum atomic E-state index is 0.134. The molecule has 2 fully saturated rings. The standard InChI is InChI=1S/C16H24N2/c1-13(17)14-6-5-7-15(10-14)18-11-16(12-18)8-3-2-4-9-16/h5-7,10,13H,2-4,8-9,11-12,17H2,1H3. The number of nitrogens with two attached hydrogens (primary N) is 1. The highest BCUT2D eigenvalue weighted by atomic mass is 15.2. The van der Waals surface area contributed by atoms with Crippen molar-refractivity contribution in [1.82, 2.24) is 0 Å². The SMILES string of the molecule is CC(N)c1cccc(N2CC3(CCCCC3)C2)c1. The first-order valence-corrected chi connectivity index (χ1v) is 7.29. The average molecular weight is 244 g/mol. The fraction of sp³-hybridized carbons (Fsp3) is 0.625. The summed E-state index contributed by atoms with van der Waals surface area (Å²) < 4.78 is 0. The predicted octanol–water partition coefficient (Wildman–Crippen LogP) is 3.48. The highest BCUT2D eigenvalue weighted by molar-refractivity contribution is 5.52.